The first-order chi connectivity index (χ1) is 12.1. The molecule has 0 aliphatic rings. The van der Waals surface area contributed by atoms with Crippen molar-refractivity contribution in [3.63, 3.8) is 0 Å². The van der Waals surface area contributed by atoms with Gasteiger partial charge in [-0.05, 0) is 54.2 Å². The quantitative estimate of drug-likeness (QED) is 0.327. The maximum absolute atomic E-state index is 10.7. The molecule has 9 heteroatoms. The van der Waals surface area contributed by atoms with Crippen molar-refractivity contribution >= 4 is 24.1 Å². The van der Waals surface area contributed by atoms with Crippen LogP contribution in [0.3, 0.4) is 0 Å². The van der Waals surface area contributed by atoms with Crippen LogP contribution >= 0.6 is 12.2 Å². The predicted octanol–water partition coefficient (Wildman–Crippen LogP) is 3.41. The molecule has 0 aliphatic carbocycles. The van der Waals surface area contributed by atoms with E-state index in [1.165, 1.54) is 16.8 Å². The number of aromatic nitrogens is 3. The molecule has 0 fully saturated rings. The molecule has 3 rings (SSSR count). The van der Waals surface area contributed by atoms with E-state index in [1.807, 2.05) is 24.3 Å². The number of nitro groups is 1. The zero-order valence-electron chi connectivity index (χ0n) is 13.1. The monoisotopic (exact) mass is 355 g/mol. The molecule has 0 saturated carbocycles. The summed E-state index contributed by atoms with van der Waals surface area (Å²) in [4.78, 5) is 10.2. The van der Waals surface area contributed by atoms with Crippen molar-refractivity contribution in [3.8, 4) is 17.1 Å². The molecular formula is C16H13N5O3S. The Labute approximate surface area is 147 Å². The van der Waals surface area contributed by atoms with Crippen LogP contribution in [0.4, 0.5) is 5.69 Å². The fraction of sp³-hybridized carbons (Fsp3) is 0.0625. The molecule has 0 amide bonds. The highest BCUT2D eigenvalue weighted by Gasteiger charge is 2.08. The molecule has 25 heavy (non-hydrogen) atoms. The number of nitrogens with one attached hydrogen (secondary N) is 1. The largest absolute Gasteiger partial charge is 0.497 e. The zero-order valence-corrected chi connectivity index (χ0v) is 13.9. The normalized spacial score (nSPS) is 10.9. The summed E-state index contributed by atoms with van der Waals surface area (Å²) in [6, 6.07) is 13.4. The van der Waals surface area contributed by atoms with Crippen molar-refractivity contribution < 1.29 is 9.66 Å². The third kappa shape index (κ3) is 3.61. The number of benzene rings is 2. The Morgan fingerprint density at radius 3 is 2.52 bits per heavy atom. The lowest BCUT2D eigenvalue weighted by atomic mass is 10.2. The van der Waals surface area contributed by atoms with Crippen molar-refractivity contribution in [1.29, 1.82) is 0 Å². The predicted molar refractivity (Wildman–Crippen MR) is 95.5 cm³/mol. The van der Waals surface area contributed by atoms with Gasteiger partial charge in [0.2, 0.25) is 4.77 Å². The van der Waals surface area contributed by atoms with Crippen LogP contribution < -0.4 is 4.74 Å². The van der Waals surface area contributed by atoms with Gasteiger partial charge in [-0.25, -0.2) is 5.10 Å². The lowest BCUT2D eigenvalue weighted by Gasteiger charge is -2.03. The molecule has 0 unspecified atom stereocenters. The van der Waals surface area contributed by atoms with Crippen LogP contribution in [0.2, 0.25) is 0 Å². The topological polar surface area (TPSA) is 98.3 Å². The van der Waals surface area contributed by atoms with Gasteiger partial charge in [0, 0.05) is 17.7 Å². The van der Waals surface area contributed by atoms with Gasteiger partial charge in [-0.2, -0.15) is 14.9 Å². The van der Waals surface area contributed by atoms with Crippen LogP contribution in [-0.2, 0) is 0 Å². The number of non-ortho nitro benzene ring substituents is 1. The highest BCUT2D eigenvalue weighted by atomic mass is 32.1. The van der Waals surface area contributed by atoms with Gasteiger partial charge in [0.1, 0.15) is 5.75 Å². The Bertz CT molecular complexity index is 974. The third-order valence-corrected chi connectivity index (χ3v) is 3.69. The second-order valence-corrected chi connectivity index (χ2v) is 5.37. The van der Waals surface area contributed by atoms with Crippen molar-refractivity contribution in [2.75, 3.05) is 7.11 Å². The minimum atomic E-state index is -0.450. The molecule has 1 heterocycles. The van der Waals surface area contributed by atoms with Gasteiger partial charge in [0.25, 0.3) is 5.69 Å². The third-order valence-electron chi connectivity index (χ3n) is 3.42. The number of ether oxygens (including phenoxy) is 1. The summed E-state index contributed by atoms with van der Waals surface area (Å²) in [6.07, 6.45) is 1.56. The van der Waals surface area contributed by atoms with E-state index in [1.54, 1.807) is 25.5 Å². The molecule has 0 atom stereocenters. The summed E-state index contributed by atoms with van der Waals surface area (Å²) in [5, 5.41) is 21.9. The summed E-state index contributed by atoms with van der Waals surface area (Å²) >= 11 is 5.21. The molecule has 2 aromatic carbocycles. The van der Waals surface area contributed by atoms with Crippen molar-refractivity contribution in [2.45, 2.75) is 0 Å². The van der Waals surface area contributed by atoms with Crippen molar-refractivity contribution in [2.24, 2.45) is 5.10 Å². The Kier molecular flexibility index (Phi) is 4.66. The van der Waals surface area contributed by atoms with E-state index in [2.05, 4.69) is 15.3 Å². The molecule has 0 saturated heterocycles. The Hall–Kier alpha value is -3.33. The van der Waals surface area contributed by atoms with Gasteiger partial charge >= 0.3 is 0 Å². The fourth-order valence-electron chi connectivity index (χ4n) is 2.13. The molecule has 0 radical (unpaired) electrons. The number of rotatable bonds is 5. The molecule has 0 spiro atoms. The standard InChI is InChI=1S/C16H13N5O3S/c1-24-14-8-4-12(5-9-14)15-18-19-16(25)20(15)17-10-11-2-6-13(7-3-11)21(22)23/h2-10H,1H3,(H,19,25)/b17-10-. The van der Waals surface area contributed by atoms with Crippen LogP contribution in [-0.4, -0.2) is 33.1 Å². The lowest BCUT2D eigenvalue weighted by Crippen LogP contribution is -1.95. The highest BCUT2D eigenvalue weighted by molar-refractivity contribution is 7.71. The molecule has 8 nitrogen and oxygen atoms in total. The molecule has 0 bridgehead atoms. The van der Waals surface area contributed by atoms with E-state index >= 15 is 0 Å². The lowest BCUT2D eigenvalue weighted by molar-refractivity contribution is -0.384. The van der Waals surface area contributed by atoms with E-state index in [0.29, 0.717) is 16.2 Å². The zero-order chi connectivity index (χ0) is 17.8. The number of nitro benzene ring substituents is 1. The van der Waals surface area contributed by atoms with E-state index in [9.17, 15) is 10.1 Å². The van der Waals surface area contributed by atoms with Gasteiger partial charge in [-0.3, -0.25) is 10.1 Å². The van der Waals surface area contributed by atoms with Crippen LogP contribution in [0, 0.1) is 14.9 Å². The summed E-state index contributed by atoms with van der Waals surface area (Å²) in [7, 11) is 1.60. The fourth-order valence-corrected chi connectivity index (χ4v) is 2.31. The number of methoxy groups -OCH3 is 1. The highest BCUT2D eigenvalue weighted by Crippen LogP contribution is 2.21. The van der Waals surface area contributed by atoms with Crippen LogP contribution in [0.25, 0.3) is 11.4 Å². The summed E-state index contributed by atoms with van der Waals surface area (Å²) < 4.78 is 6.96. The van der Waals surface area contributed by atoms with E-state index in [-0.39, 0.29) is 5.69 Å². The van der Waals surface area contributed by atoms with Gasteiger partial charge in [-0.15, -0.1) is 0 Å². The Balaban J connectivity index is 1.91. The van der Waals surface area contributed by atoms with E-state index in [4.69, 9.17) is 17.0 Å². The van der Waals surface area contributed by atoms with Gasteiger partial charge in [0.15, 0.2) is 5.82 Å². The van der Waals surface area contributed by atoms with E-state index in [0.717, 1.165) is 11.3 Å². The number of nitrogens with zero attached hydrogens (tertiary/aromatic N) is 4. The first-order valence-electron chi connectivity index (χ1n) is 7.19. The smallest absolute Gasteiger partial charge is 0.269 e. The average molecular weight is 355 g/mol. The summed E-state index contributed by atoms with van der Waals surface area (Å²) in [6.45, 7) is 0. The first-order valence-corrected chi connectivity index (χ1v) is 7.60. The Morgan fingerprint density at radius 2 is 1.92 bits per heavy atom. The molecule has 1 N–H and O–H groups in total. The second kappa shape index (κ2) is 7.05. The summed E-state index contributed by atoms with van der Waals surface area (Å²) in [5.41, 5.74) is 1.54. The van der Waals surface area contributed by atoms with Gasteiger partial charge in [0.05, 0.1) is 18.2 Å². The van der Waals surface area contributed by atoms with Crippen molar-refractivity contribution in [3.05, 3.63) is 69.0 Å². The molecule has 0 aliphatic heterocycles. The number of hydrogen-bond acceptors (Lipinski definition) is 6. The minimum absolute atomic E-state index is 0.0241. The number of H-pyrrole nitrogens is 1. The van der Waals surface area contributed by atoms with Gasteiger partial charge in [-0.1, -0.05) is 0 Å². The van der Waals surface area contributed by atoms with Gasteiger partial charge < -0.3 is 4.74 Å². The molecular weight excluding hydrogens is 342 g/mol. The average Bonchev–Trinajstić information content (AvgIpc) is 3.01. The van der Waals surface area contributed by atoms with E-state index < -0.39 is 4.92 Å². The maximum atomic E-state index is 10.7. The van der Waals surface area contributed by atoms with Crippen LogP contribution in [0.15, 0.2) is 53.6 Å². The molecule has 126 valence electrons. The summed E-state index contributed by atoms with van der Waals surface area (Å²) in [5.74, 6) is 1.28. The number of hydrogen-bond donors (Lipinski definition) is 1. The first kappa shape index (κ1) is 16.5. The maximum Gasteiger partial charge on any atom is 0.269 e. The minimum Gasteiger partial charge on any atom is -0.497 e. The number of aromatic amines is 1. The van der Waals surface area contributed by atoms with Crippen LogP contribution in [0.5, 0.6) is 5.75 Å². The molecule has 3 aromatic rings. The van der Waals surface area contributed by atoms with Crippen LogP contribution in [0.1, 0.15) is 5.56 Å². The second-order valence-electron chi connectivity index (χ2n) is 4.99. The van der Waals surface area contributed by atoms with Crippen molar-refractivity contribution in [1.82, 2.24) is 14.9 Å². The SMILES string of the molecule is COc1ccc(-c2n[nH]c(=S)n2/N=C\c2ccc([N+](=O)[O-])cc2)cc1. The Morgan fingerprint density at radius 1 is 1.24 bits per heavy atom. The molecule has 1 aromatic heterocycles.